The van der Waals surface area contributed by atoms with Gasteiger partial charge in [0.05, 0.1) is 4.90 Å². The van der Waals surface area contributed by atoms with Crippen LogP contribution in [0, 0.1) is 0 Å². The summed E-state index contributed by atoms with van der Waals surface area (Å²) in [5, 5.41) is 6.65. The van der Waals surface area contributed by atoms with Crippen LogP contribution < -0.4 is 15.4 Å². The van der Waals surface area contributed by atoms with E-state index in [0.717, 1.165) is 25.7 Å². The summed E-state index contributed by atoms with van der Waals surface area (Å²) in [6.45, 7) is 0. The number of sulfonamides is 1. The van der Waals surface area contributed by atoms with Crippen molar-refractivity contribution in [3.05, 3.63) is 29.8 Å². The SMILES string of the molecule is O=C(NC1CC2CCC(C1)N2)c1ccc(S(=O)(=O)NC2CC2)cc1. The molecule has 1 aromatic rings. The number of carbonyl (C=O) groups is 1. The topological polar surface area (TPSA) is 87.3 Å². The summed E-state index contributed by atoms with van der Waals surface area (Å²) in [6.07, 6.45) is 6.13. The fourth-order valence-electron chi connectivity index (χ4n) is 3.72. The van der Waals surface area contributed by atoms with Crippen molar-refractivity contribution in [2.75, 3.05) is 0 Å². The van der Waals surface area contributed by atoms with Crippen molar-refractivity contribution < 1.29 is 13.2 Å². The van der Waals surface area contributed by atoms with Gasteiger partial charge in [0.15, 0.2) is 0 Å². The van der Waals surface area contributed by atoms with Gasteiger partial charge in [0.1, 0.15) is 0 Å². The monoisotopic (exact) mass is 349 g/mol. The average Bonchev–Trinajstić information content (AvgIpc) is 3.29. The summed E-state index contributed by atoms with van der Waals surface area (Å²) in [4.78, 5) is 12.6. The van der Waals surface area contributed by atoms with E-state index in [1.165, 1.54) is 25.0 Å². The molecule has 2 unspecified atom stereocenters. The molecule has 130 valence electrons. The molecule has 3 fully saturated rings. The molecule has 1 amide bonds. The van der Waals surface area contributed by atoms with Crippen molar-refractivity contribution in [1.82, 2.24) is 15.4 Å². The molecular weight excluding hydrogens is 326 g/mol. The highest BCUT2D eigenvalue weighted by molar-refractivity contribution is 7.89. The fourth-order valence-corrected chi connectivity index (χ4v) is 5.02. The van der Waals surface area contributed by atoms with E-state index in [2.05, 4.69) is 15.4 Å². The second-order valence-electron chi connectivity index (χ2n) is 7.20. The second-order valence-corrected chi connectivity index (χ2v) is 8.91. The van der Waals surface area contributed by atoms with Crippen LogP contribution in [0.2, 0.25) is 0 Å². The molecule has 2 heterocycles. The van der Waals surface area contributed by atoms with Gasteiger partial charge in [-0.1, -0.05) is 0 Å². The van der Waals surface area contributed by atoms with Gasteiger partial charge < -0.3 is 10.6 Å². The number of piperidine rings is 1. The Hall–Kier alpha value is -1.44. The van der Waals surface area contributed by atoms with E-state index in [0.29, 0.717) is 17.6 Å². The summed E-state index contributed by atoms with van der Waals surface area (Å²) >= 11 is 0. The first-order valence-corrected chi connectivity index (χ1v) is 10.2. The van der Waals surface area contributed by atoms with Gasteiger partial charge in [0.2, 0.25) is 10.0 Å². The predicted octanol–water partition coefficient (Wildman–Crippen LogP) is 1.14. The zero-order valence-corrected chi connectivity index (χ0v) is 14.3. The quantitative estimate of drug-likeness (QED) is 0.744. The molecule has 0 spiro atoms. The van der Waals surface area contributed by atoms with E-state index in [1.807, 2.05) is 0 Å². The van der Waals surface area contributed by atoms with Gasteiger partial charge >= 0.3 is 0 Å². The summed E-state index contributed by atoms with van der Waals surface area (Å²) in [6, 6.07) is 7.52. The molecular formula is C17H23N3O3S. The highest BCUT2D eigenvalue weighted by Crippen LogP contribution is 2.27. The molecule has 6 nitrogen and oxygen atoms in total. The van der Waals surface area contributed by atoms with E-state index in [4.69, 9.17) is 0 Å². The lowest BCUT2D eigenvalue weighted by molar-refractivity contribution is 0.0924. The summed E-state index contributed by atoms with van der Waals surface area (Å²) < 4.78 is 26.9. The van der Waals surface area contributed by atoms with Gasteiger partial charge in [-0.05, 0) is 62.8 Å². The average molecular weight is 349 g/mol. The van der Waals surface area contributed by atoms with Crippen LogP contribution in [0.4, 0.5) is 0 Å². The van der Waals surface area contributed by atoms with Crippen molar-refractivity contribution in [2.24, 2.45) is 0 Å². The van der Waals surface area contributed by atoms with Gasteiger partial charge in [-0.25, -0.2) is 13.1 Å². The number of rotatable bonds is 5. The standard InChI is InChI=1S/C17H23N3O3S/c21-17(19-15-9-13-5-6-14(10-15)18-13)11-1-7-16(8-2-11)24(22,23)20-12-3-4-12/h1-2,7-8,12-15,18,20H,3-6,9-10H2,(H,19,21). The van der Waals surface area contributed by atoms with Crippen LogP contribution in [0.3, 0.4) is 0 Å². The number of hydrogen-bond acceptors (Lipinski definition) is 4. The molecule has 0 aromatic heterocycles. The van der Waals surface area contributed by atoms with Crippen molar-refractivity contribution >= 4 is 15.9 Å². The van der Waals surface area contributed by atoms with Crippen LogP contribution in [0.5, 0.6) is 0 Å². The van der Waals surface area contributed by atoms with Crippen molar-refractivity contribution in [3.8, 4) is 0 Å². The third-order valence-corrected chi connectivity index (χ3v) is 6.67. The van der Waals surface area contributed by atoms with Crippen molar-refractivity contribution in [3.63, 3.8) is 0 Å². The number of fused-ring (bicyclic) bond motifs is 2. The molecule has 2 aliphatic heterocycles. The van der Waals surface area contributed by atoms with Crippen LogP contribution in [-0.4, -0.2) is 38.5 Å². The van der Waals surface area contributed by atoms with Gasteiger partial charge in [-0.2, -0.15) is 0 Å². The Morgan fingerprint density at radius 2 is 1.58 bits per heavy atom. The maximum absolute atomic E-state index is 12.4. The summed E-state index contributed by atoms with van der Waals surface area (Å²) in [5.41, 5.74) is 0.506. The highest BCUT2D eigenvalue weighted by Gasteiger charge is 2.34. The minimum absolute atomic E-state index is 0.0771. The minimum atomic E-state index is -3.46. The lowest BCUT2D eigenvalue weighted by atomic mass is 9.99. The first kappa shape index (κ1) is 16.1. The molecule has 24 heavy (non-hydrogen) atoms. The van der Waals surface area contributed by atoms with Crippen LogP contribution in [-0.2, 0) is 10.0 Å². The highest BCUT2D eigenvalue weighted by atomic mass is 32.2. The van der Waals surface area contributed by atoms with Gasteiger partial charge in [-0.3, -0.25) is 4.79 Å². The predicted molar refractivity (Wildman–Crippen MR) is 90.2 cm³/mol. The van der Waals surface area contributed by atoms with Crippen LogP contribution >= 0.6 is 0 Å². The Bertz CT molecular complexity index is 716. The van der Waals surface area contributed by atoms with E-state index >= 15 is 0 Å². The number of benzene rings is 1. The summed E-state index contributed by atoms with van der Waals surface area (Å²) in [5.74, 6) is -0.125. The number of amides is 1. The normalized spacial score (nSPS) is 29.4. The molecule has 1 aromatic carbocycles. The lowest BCUT2D eigenvalue weighted by Gasteiger charge is -2.29. The van der Waals surface area contributed by atoms with Gasteiger partial charge in [0.25, 0.3) is 5.91 Å². The van der Waals surface area contributed by atoms with Gasteiger partial charge in [-0.15, -0.1) is 0 Å². The maximum Gasteiger partial charge on any atom is 0.251 e. The molecule has 3 aliphatic rings. The van der Waals surface area contributed by atoms with Crippen LogP contribution in [0.15, 0.2) is 29.2 Å². The zero-order valence-electron chi connectivity index (χ0n) is 13.5. The van der Waals surface area contributed by atoms with E-state index in [1.54, 1.807) is 12.1 Å². The van der Waals surface area contributed by atoms with Crippen LogP contribution in [0.1, 0.15) is 48.9 Å². The zero-order chi connectivity index (χ0) is 16.7. The number of hydrogen-bond donors (Lipinski definition) is 3. The number of carbonyl (C=O) groups excluding carboxylic acids is 1. The maximum atomic E-state index is 12.4. The molecule has 7 heteroatoms. The summed E-state index contributed by atoms with van der Waals surface area (Å²) in [7, 11) is -3.46. The minimum Gasteiger partial charge on any atom is -0.349 e. The first-order chi connectivity index (χ1) is 11.5. The molecule has 1 saturated carbocycles. The Morgan fingerprint density at radius 3 is 2.17 bits per heavy atom. The van der Waals surface area contributed by atoms with E-state index in [9.17, 15) is 13.2 Å². The molecule has 4 rings (SSSR count). The Kier molecular flexibility index (Phi) is 4.10. The lowest BCUT2D eigenvalue weighted by Crippen LogP contribution is -2.48. The van der Waals surface area contributed by atoms with Gasteiger partial charge in [0, 0.05) is 29.7 Å². The van der Waals surface area contributed by atoms with Crippen molar-refractivity contribution in [2.45, 2.75) is 67.6 Å². The fraction of sp³-hybridized carbons (Fsp3) is 0.588. The first-order valence-electron chi connectivity index (χ1n) is 8.69. The second kappa shape index (κ2) is 6.13. The third-order valence-electron chi connectivity index (χ3n) is 5.13. The molecule has 0 radical (unpaired) electrons. The van der Waals surface area contributed by atoms with Crippen LogP contribution in [0.25, 0.3) is 0 Å². The Morgan fingerprint density at radius 1 is 0.958 bits per heavy atom. The third kappa shape index (κ3) is 3.48. The molecule has 2 atom stereocenters. The number of nitrogens with one attached hydrogen (secondary N) is 3. The molecule has 2 saturated heterocycles. The molecule has 2 bridgehead atoms. The smallest absolute Gasteiger partial charge is 0.251 e. The molecule has 3 N–H and O–H groups in total. The largest absolute Gasteiger partial charge is 0.349 e. The van der Waals surface area contributed by atoms with E-state index in [-0.39, 0.29) is 22.9 Å². The van der Waals surface area contributed by atoms with E-state index < -0.39 is 10.0 Å². The Balaban J connectivity index is 1.39. The Labute approximate surface area is 142 Å². The van der Waals surface area contributed by atoms with Crippen molar-refractivity contribution in [1.29, 1.82) is 0 Å². The molecule has 1 aliphatic carbocycles.